The number of amides is 1. The number of quaternary nitrogens is 1. The van der Waals surface area contributed by atoms with Crippen molar-refractivity contribution < 1.29 is 39.4 Å². The van der Waals surface area contributed by atoms with Gasteiger partial charge in [-0.05, 0) is 67.8 Å². The van der Waals surface area contributed by atoms with E-state index >= 15 is 0 Å². The monoisotopic (exact) mass is 800 g/mol. The lowest BCUT2D eigenvalue weighted by Gasteiger charge is -2.29. The molecule has 0 aliphatic heterocycles. The number of rotatable bonds is 26. The predicted octanol–water partition coefficient (Wildman–Crippen LogP) is 7.70. The Labute approximate surface area is 344 Å². The lowest BCUT2D eigenvalue weighted by Crippen LogP contribution is -2.79. The SMILES string of the molecule is CC/C=C\C/C=C\C/C=C\C/C=C\C/C=C\CCCC(=O)OCC(C)(C)[C@@H](O)C(=O)NCCC(=O)[O-].C[NH2+]CCC(Oc1cccc2ccccc12)c1cccs1. The summed E-state index contributed by atoms with van der Waals surface area (Å²) in [7, 11) is 2.10. The van der Waals surface area contributed by atoms with Gasteiger partial charge in [-0.25, -0.2) is 0 Å². The van der Waals surface area contributed by atoms with Crippen molar-refractivity contribution >= 4 is 40.0 Å². The van der Waals surface area contributed by atoms with Crippen LogP contribution in [0, 0.1) is 5.41 Å². The van der Waals surface area contributed by atoms with Gasteiger partial charge in [0.1, 0.15) is 18.0 Å². The van der Waals surface area contributed by atoms with Crippen LogP contribution in [0.3, 0.4) is 0 Å². The van der Waals surface area contributed by atoms with Crippen LogP contribution >= 0.6 is 11.3 Å². The summed E-state index contributed by atoms with van der Waals surface area (Å²) in [6, 6.07) is 18.9. The highest BCUT2D eigenvalue weighted by atomic mass is 32.1. The summed E-state index contributed by atoms with van der Waals surface area (Å²) in [6.45, 7) is 6.13. The number of hydrogen-bond acceptors (Lipinski definition) is 8. The summed E-state index contributed by atoms with van der Waals surface area (Å²) in [4.78, 5) is 35.6. The number of carbonyl (C=O) groups is 3. The highest BCUT2D eigenvalue weighted by Gasteiger charge is 2.34. The van der Waals surface area contributed by atoms with Crippen molar-refractivity contribution in [3.63, 3.8) is 0 Å². The van der Waals surface area contributed by atoms with Gasteiger partial charge in [-0.2, -0.15) is 0 Å². The molecular formula is C47H64N2O7S. The number of nitrogens with one attached hydrogen (secondary N) is 1. The highest BCUT2D eigenvalue weighted by Crippen LogP contribution is 2.32. The molecule has 0 aliphatic rings. The Balaban J connectivity index is 0.000000446. The zero-order valence-electron chi connectivity index (χ0n) is 34.3. The summed E-state index contributed by atoms with van der Waals surface area (Å²) in [5, 5.41) is 29.6. The van der Waals surface area contributed by atoms with Gasteiger partial charge >= 0.3 is 5.97 Å². The average molecular weight is 801 g/mol. The second-order valence-electron chi connectivity index (χ2n) is 14.1. The number of esters is 1. The maximum atomic E-state index is 12.0. The first-order valence-corrected chi connectivity index (χ1v) is 21.0. The number of fused-ring (bicyclic) bond motifs is 1. The Kier molecular flexibility index (Phi) is 25.0. The number of unbranched alkanes of at least 4 members (excludes halogenated alkanes) is 1. The summed E-state index contributed by atoms with van der Waals surface area (Å²) in [5.41, 5.74) is -1.01. The van der Waals surface area contributed by atoms with Crippen LogP contribution in [-0.4, -0.2) is 55.8 Å². The van der Waals surface area contributed by atoms with E-state index in [4.69, 9.17) is 9.47 Å². The Bertz CT molecular complexity index is 1720. The number of allylic oxidation sites excluding steroid dienone is 10. The van der Waals surface area contributed by atoms with Gasteiger partial charge in [0.25, 0.3) is 0 Å². The topological polar surface area (TPSA) is 142 Å². The molecule has 0 spiro atoms. The van der Waals surface area contributed by atoms with E-state index in [9.17, 15) is 24.6 Å². The number of aliphatic hydroxyl groups excluding tert-OH is 1. The fourth-order valence-corrected chi connectivity index (χ4v) is 6.18. The third kappa shape index (κ3) is 21.4. The van der Waals surface area contributed by atoms with Gasteiger partial charge in [0.05, 0.1) is 20.2 Å². The number of carboxylic acids is 1. The van der Waals surface area contributed by atoms with E-state index < -0.39 is 23.4 Å². The Morgan fingerprint density at radius 1 is 0.860 bits per heavy atom. The number of aliphatic hydroxyl groups is 1. The number of thiophene rings is 1. The number of benzene rings is 2. The molecular weight excluding hydrogens is 737 g/mol. The van der Waals surface area contributed by atoms with Crippen LogP contribution in [-0.2, 0) is 19.1 Å². The molecule has 2 aromatic carbocycles. The highest BCUT2D eigenvalue weighted by molar-refractivity contribution is 7.10. The van der Waals surface area contributed by atoms with E-state index in [1.54, 1.807) is 25.2 Å². The van der Waals surface area contributed by atoms with Crippen LogP contribution in [0.2, 0.25) is 0 Å². The molecule has 4 N–H and O–H groups in total. The van der Waals surface area contributed by atoms with Crippen molar-refractivity contribution in [2.75, 3.05) is 26.7 Å². The molecule has 9 nitrogen and oxygen atoms in total. The van der Waals surface area contributed by atoms with Gasteiger partial charge in [0.15, 0.2) is 0 Å². The second-order valence-corrected chi connectivity index (χ2v) is 15.1. The molecule has 310 valence electrons. The number of carboxylic acid groups (broad SMARTS) is 1. The normalized spacial score (nSPS) is 13.1. The number of hydrogen-bond donors (Lipinski definition) is 3. The molecule has 1 aromatic heterocycles. The Morgan fingerprint density at radius 2 is 1.49 bits per heavy atom. The minimum absolute atomic E-state index is 0.122. The van der Waals surface area contributed by atoms with E-state index in [1.807, 2.05) is 6.08 Å². The van der Waals surface area contributed by atoms with Crippen LogP contribution in [0.1, 0.15) is 96.0 Å². The zero-order chi connectivity index (χ0) is 41.6. The summed E-state index contributed by atoms with van der Waals surface area (Å²) >= 11 is 1.77. The van der Waals surface area contributed by atoms with E-state index in [1.165, 1.54) is 15.6 Å². The lowest BCUT2D eigenvalue weighted by atomic mass is 9.87. The smallest absolute Gasteiger partial charge is 0.305 e. The molecule has 0 fully saturated rings. The fraction of sp³-hybridized carbons (Fsp3) is 0.426. The van der Waals surface area contributed by atoms with Gasteiger partial charge in [-0.3, -0.25) is 9.59 Å². The van der Waals surface area contributed by atoms with E-state index in [0.717, 1.165) is 57.2 Å². The molecule has 10 heteroatoms. The Morgan fingerprint density at radius 3 is 2.11 bits per heavy atom. The standard InChI is InChI=1S/C29H45NO6.C18H19NOS/c1-4-5-6-7-8-9-10-11-12-13-14-15-16-17-18-19-20-21-26(33)36-24-29(2,3)27(34)28(35)30-23-22-25(31)32;1-19-12-11-17(18-10-5-13-21-18)20-16-9-4-7-14-6-2-3-8-15(14)16/h5-6,8-9,11-12,14-15,17-18,27,34H,4,7,10,13,16,19-24H2,1-3H3,(H,30,35)(H,31,32);2-10,13,17,19H,11-12H2,1H3/b6-5-,9-8-,12-11-,15-14-,18-17-;/t27-;/m0./s1. The third-order valence-corrected chi connectivity index (χ3v) is 9.69. The minimum Gasteiger partial charge on any atom is -0.550 e. The molecule has 3 aromatic rings. The second kappa shape index (κ2) is 29.5. The van der Waals surface area contributed by atoms with E-state index in [0.29, 0.717) is 6.42 Å². The summed E-state index contributed by atoms with van der Waals surface area (Å²) in [5.74, 6) is -1.42. The van der Waals surface area contributed by atoms with E-state index in [-0.39, 0.29) is 38.1 Å². The van der Waals surface area contributed by atoms with Crippen molar-refractivity contribution in [3.8, 4) is 5.75 Å². The zero-order valence-corrected chi connectivity index (χ0v) is 35.1. The molecule has 1 amide bonds. The van der Waals surface area contributed by atoms with Gasteiger partial charge in [0, 0.05) is 47.5 Å². The summed E-state index contributed by atoms with van der Waals surface area (Å²) in [6.07, 6.45) is 27.2. The maximum absolute atomic E-state index is 12.0. The number of ether oxygens (including phenoxy) is 2. The molecule has 57 heavy (non-hydrogen) atoms. The van der Waals surface area contributed by atoms with Crippen LogP contribution in [0.25, 0.3) is 10.8 Å². The van der Waals surface area contributed by atoms with Crippen LogP contribution < -0.4 is 20.5 Å². The molecule has 3 rings (SSSR count). The van der Waals surface area contributed by atoms with Crippen molar-refractivity contribution in [1.82, 2.24) is 5.32 Å². The molecule has 1 unspecified atom stereocenters. The van der Waals surface area contributed by atoms with E-state index in [2.05, 4.69) is 139 Å². The van der Waals surface area contributed by atoms with Crippen LogP contribution in [0.4, 0.5) is 0 Å². The minimum atomic E-state index is -1.44. The largest absolute Gasteiger partial charge is 0.550 e. The van der Waals surface area contributed by atoms with Gasteiger partial charge in [-0.15, -0.1) is 11.3 Å². The first-order valence-electron chi connectivity index (χ1n) is 20.1. The van der Waals surface area contributed by atoms with Crippen molar-refractivity contribution in [2.45, 2.75) is 97.2 Å². The first kappa shape index (κ1) is 48.4. The fourth-order valence-electron chi connectivity index (χ4n) is 5.39. The lowest BCUT2D eigenvalue weighted by molar-refractivity contribution is -0.628. The van der Waals surface area contributed by atoms with Gasteiger partial charge in [0.2, 0.25) is 5.91 Å². The summed E-state index contributed by atoms with van der Waals surface area (Å²) < 4.78 is 11.6. The first-order chi connectivity index (χ1) is 27.6. The maximum Gasteiger partial charge on any atom is 0.305 e. The van der Waals surface area contributed by atoms with Crippen molar-refractivity contribution in [1.29, 1.82) is 0 Å². The third-order valence-electron chi connectivity index (χ3n) is 8.73. The molecule has 1 heterocycles. The Hall–Kier alpha value is -4.77. The molecule has 0 saturated heterocycles. The molecule has 0 radical (unpaired) electrons. The van der Waals surface area contributed by atoms with Crippen molar-refractivity contribution in [3.05, 3.63) is 126 Å². The average Bonchev–Trinajstić information content (AvgIpc) is 3.75. The van der Waals surface area contributed by atoms with Crippen LogP contribution in [0.15, 0.2) is 121 Å². The number of carbonyl (C=O) groups excluding carboxylic acids is 3. The van der Waals surface area contributed by atoms with Gasteiger partial charge in [-0.1, -0.05) is 124 Å². The van der Waals surface area contributed by atoms with Gasteiger partial charge < -0.3 is 35.1 Å². The number of aliphatic carboxylic acids is 1. The molecule has 0 aliphatic carbocycles. The number of nitrogens with two attached hydrogens (primary N) is 1. The molecule has 0 bridgehead atoms. The predicted molar refractivity (Wildman–Crippen MR) is 231 cm³/mol. The van der Waals surface area contributed by atoms with Crippen LogP contribution in [0.5, 0.6) is 5.75 Å². The quantitative estimate of drug-likeness (QED) is 0.0430. The van der Waals surface area contributed by atoms with Crippen molar-refractivity contribution in [2.24, 2.45) is 5.41 Å². The molecule has 0 saturated carbocycles. The molecule has 2 atom stereocenters.